The lowest BCUT2D eigenvalue weighted by atomic mass is 9.99. The summed E-state index contributed by atoms with van der Waals surface area (Å²) in [4.78, 5) is 26.1. The summed E-state index contributed by atoms with van der Waals surface area (Å²) < 4.78 is 43.7. The largest absolute Gasteiger partial charge is 0.350 e. The number of hydrogen-bond donors (Lipinski definition) is 0. The first-order valence-electron chi connectivity index (χ1n) is 12.0. The van der Waals surface area contributed by atoms with Crippen molar-refractivity contribution < 1.29 is 13.2 Å². The van der Waals surface area contributed by atoms with E-state index >= 15 is 0 Å². The van der Waals surface area contributed by atoms with E-state index in [1.54, 1.807) is 13.1 Å². The second-order valence-electron chi connectivity index (χ2n) is 9.36. The molecule has 8 nitrogen and oxygen atoms in total. The van der Waals surface area contributed by atoms with Gasteiger partial charge in [-0.2, -0.15) is 10.2 Å². The fraction of sp³-hybridized carbons (Fsp3) is 0.520. The second-order valence-corrected chi connectivity index (χ2v) is 9.36. The molecule has 0 spiro atoms. The molecule has 0 radical (unpaired) electrons. The van der Waals surface area contributed by atoms with E-state index in [0.29, 0.717) is 48.0 Å². The van der Waals surface area contributed by atoms with Gasteiger partial charge in [0.25, 0.3) is 6.43 Å². The molecule has 1 saturated heterocycles. The van der Waals surface area contributed by atoms with Crippen LogP contribution in [0.5, 0.6) is 0 Å². The number of fused-ring (bicyclic) bond motifs is 1. The van der Waals surface area contributed by atoms with Crippen LogP contribution < -0.4 is 10.6 Å². The van der Waals surface area contributed by atoms with Crippen molar-refractivity contribution in [2.45, 2.75) is 65.2 Å². The third kappa shape index (κ3) is 4.34. The van der Waals surface area contributed by atoms with E-state index in [9.17, 15) is 23.2 Å². The average Bonchev–Trinajstić information content (AvgIpc) is 3.21. The van der Waals surface area contributed by atoms with Crippen molar-refractivity contribution in [3.8, 4) is 6.07 Å². The Labute approximate surface area is 207 Å². The van der Waals surface area contributed by atoms with Gasteiger partial charge in [-0.3, -0.25) is 9.47 Å². The van der Waals surface area contributed by atoms with Gasteiger partial charge in [-0.05, 0) is 45.4 Å². The van der Waals surface area contributed by atoms with Gasteiger partial charge in [0.1, 0.15) is 22.8 Å². The first kappa shape index (κ1) is 25.7. The Morgan fingerprint density at radius 2 is 1.92 bits per heavy atom. The second kappa shape index (κ2) is 9.93. The van der Waals surface area contributed by atoms with Crippen molar-refractivity contribution in [3.05, 3.63) is 51.5 Å². The van der Waals surface area contributed by atoms with Gasteiger partial charge < -0.3 is 9.47 Å². The molecule has 36 heavy (non-hydrogen) atoms. The summed E-state index contributed by atoms with van der Waals surface area (Å²) in [7, 11) is 1.65. The summed E-state index contributed by atoms with van der Waals surface area (Å²) in [5, 5.41) is 9.26. The van der Waals surface area contributed by atoms with Gasteiger partial charge in [0.05, 0.1) is 18.1 Å². The van der Waals surface area contributed by atoms with Crippen LogP contribution >= 0.6 is 0 Å². The zero-order valence-electron chi connectivity index (χ0n) is 21.0. The summed E-state index contributed by atoms with van der Waals surface area (Å²) in [6, 6.07) is 5.71. The summed E-state index contributed by atoms with van der Waals surface area (Å²) in [5.74, 6) is 0.154. The number of benzene rings is 1. The van der Waals surface area contributed by atoms with Crippen molar-refractivity contribution in [1.82, 2.24) is 24.0 Å². The van der Waals surface area contributed by atoms with E-state index in [0.717, 1.165) is 6.07 Å². The van der Waals surface area contributed by atoms with Crippen LogP contribution in [0.25, 0.3) is 11.2 Å². The number of halogens is 3. The first-order chi connectivity index (χ1) is 17.1. The van der Waals surface area contributed by atoms with Crippen molar-refractivity contribution in [2.24, 2.45) is 7.05 Å². The maximum absolute atomic E-state index is 13.8. The van der Waals surface area contributed by atoms with Gasteiger partial charge in [0.2, 0.25) is 0 Å². The number of piperazine rings is 1. The molecule has 1 fully saturated rings. The van der Waals surface area contributed by atoms with Crippen molar-refractivity contribution >= 4 is 17.0 Å². The van der Waals surface area contributed by atoms with Crippen LogP contribution in [0.1, 0.15) is 57.1 Å². The van der Waals surface area contributed by atoms with Crippen LogP contribution in [0.4, 0.5) is 19.0 Å². The number of aromatic nitrogens is 4. The minimum Gasteiger partial charge on any atom is -0.349 e. The standard InChI is InChI=1S/C25H30F3N7O/c1-6-33-20(9-10-29)30-21-23(31-25(36)32(5)24(21)33)35-13-14(2)34(12-15(35)3)16(4)17-7-8-19(26)18(11-17)22(27)28/h7-8,11,14-16,22H,6,9,12-13H2,1-5H3/t14-,15+,16?/m1/s1. The number of aryl methyl sites for hydroxylation is 2. The molecule has 0 aliphatic carbocycles. The van der Waals surface area contributed by atoms with E-state index in [2.05, 4.69) is 20.9 Å². The van der Waals surface area contributed by atoms with E-state index in [-0.39, 0.29) is 24.5 Å². The van der Waals surface area contributed by atoms with E-state index in [1.165, 1.54) is 10.6 Å². The molecule has 0 saturated carbocycles. The van der Waals surface area contributed by atoms with Gasteiger partial charge in [-0.25, -0.2) is 22.9 Å². The minimum atomic E-state index is -2.88. The number of anilines is 1. The highest BCUT2D eigenvalue weighted by molar-refractivity contribution is 5.84. The minimum absolute atomic E-state index is 0.0241. The summed E-state index contributed by atoms with van der Waals surface area (Å²) in [6.45, 7) is 9.55. The van der Waals surface area contributed by atoms with Gasteiger partial charge in [0.15, 0.2) is 5.82 Å². The van der Waals surface area contributed by atoms with Crippen LogP contribution in [-0.2, 0) is 20.0 Å². The van der Waals surface area contributed by atoms with Crippen LogP contribution in [0.2, 0.25) is 0 Å². The third-order valence-electron chi connectivity index (χ3n) is 7.13. The quantitative estimate of drug-likeness (QED) is 0.509. The van der Waals surface area contributed by atoms with Crippen LogP contribution in [-0.4, -0.2) is 49.2 Å². The predicted molar refractivity (Wildman–Crippen MR) is 131 cm³/mol. The van der Waals surface area contributed by atoms with Crippen LogP contribution in [0.3, 0.4) is 0 Å². The lowest BCUT2D eigenvalue weighted by molar-refractivity contribution is 0.118. The molecule has 1 aliphatic rings. The molecule has 1 aromatic carbocycles. The molecule has 4 rings (SSSR count). The lowest BCUT2D eigenvalue weighted by Crippen LogP contribution is -2.57. The molecule has 3 aromatic rings. The third-order valence-corrected chi connectivity index (χ3v) is 7.13. The van der Waals surface area contributed by atoms with Crippen LogP contribution in [0.15, 0.2) is 23.0 Å². The number of hydrogen-bond acceptors (Lipinski definition) is 6. The molecule has 192 valence electrons. The molecule has 3 atom stereocenters. The molecule has 1 aliphatic heterocycles. The lowest BCUT2D eigenvalue weighted by Gasteiger charge is -2.47. The van der Waals surface area contributed by atoms with E-state index in [1.807, 2.05) is 32.3 Å². The zero-order valence-corrected chi connectivity index (χ0v) is 21.0. The van der Waals surface area contributed by atoms with Crippen molar-refractivity contribution in [1.29, 1.82) is 5.26 Å². The predicted octanol–water partition coefficient (Wildman–Crippen LogP) is 3.95. The highest BCUT2D eigenvalue weighted by Gasteiger charge is 2.35. The topological polar surface area (TPSA) is 83.0 Å². The highest BCUT2D eigenvalue weighted by Crippen LogP contribution is 2.33. The molecule has 2 aromatic heterocycles. The zero-order chi connectivity index (χ0) is 26.3. The average molecular weight is 502 g/mol. The highest BCUT2D eigenvalue weighted by atomic mass is 19.3. The van der Waals surface area contributed by atoms with Crippen LogP contribution in [0, 0.1) is 17.1 Å². The molecular weight excluding hydrogens is 471 g/mol. The summed E-state index contributed by atoms with van der Waals surface area (Å²) >= 11 is 0. The Bertz CT molecular complexity index is 1380. The molecule has 0 bridgehead atoms. The number of alkyl halides is 2. The number of imidazole rings is 1. The first-order valence-corrected chi connectivity index (χ1v) is 12.0. The number of nitriles is 1. The molecule has 3 heterocycles. The van der Waals surface area contributed by atoms with E-state index < -0.39 is 23.5 Å². The Hall–Kier alpha value is -3.39. The van der Waals surface area contributed by atoms with Gasteiger partial charge in [0, 0.05) is 44.8 Å². The SMILES string of the molecule is CCn1c(CC#N)nc2c(N3C[C@@H](C)N(C(C)c4ccc(F)c(C(F)F)c4)C[C@@H]3C)nc(=O)n(C)c21. The Morgan fingerprint density at radius 1 is 1.19 bits per heavy atom. The Morgan fingerprint density at radius 3 is 2.56 bits per heavy atom. The van der Waals surface area contributed by atoms with E-state index in [4.69, 9.17) is 4.98 Å². The smallest absolute Gasteiger partial charge is 0.349 e. The Balaban J connectivity index is 1.69. The Kier molecular flexibility index (Phi) is 7.09. The molecule has 0 N–H and O–H groups in total. The van der Waals surface area contributed by atoms with Gasteiger partial charge >= 0.3 is 5.69 Å². The fourth-order valence-electron chi connectivity index (χ4n) is 5.20. The number of rotatable bonds is 6. The fourth-order valence-corrected chi connectivity index (χ4v) is 5.20. The normalized spacial score (nSPS) is 19.7. The van der Waals surface area contributed by atoms with Crippen molar-refractivity contribution in [3.63, 3.8) is 0 Å². The monoisotopic (exact) mass is 501 g/mol. The number of nitrogens with zero attached hydrogens (tertiary/aromatic N) is 7. The molecule has 0 amide bonds. The maximum atomic E-state index is 13.8. The molecular formula is C25H30F3N7O. The molecule has 11 heteroatoms. The maximum Gasteiger partial charge on any atom is 0.350 e. The molecule has 1 unspecified atom stereocenters. The summed E-state index contributed by atoms with van der Waals surface area (Å²) in [6.07, 6.45) is -2.76. The summed E-state index contributed by atoms with van der Waals surface area (Å²) in [5.41, 5.74) is 0.822. The van der Waals surface area contributed by atoms with Gasteiger partial charge in [-0.1, -0.05) is 6.07 Å². The van der Waals surface area contributed by atoms with Crippen molar-refractivity contribution in [2.75, 3.05) is 18.0 Å². The van der Waals surface area contributed by atoms with Gasteiger partial charge in [-0.15, -0.1) is 0 Å².